The maximum atomic E-state index is 13.4. The van der Waals surface area contributed by atoms with Crippen LogP contribution in [-0.4, -0.2) is 58.2 Å². The predicted molar refractivity (Wildman–Crippen MR) is 132 cm³/mol. The summed E-state index contributed by atoms with van der Waals surface area (Å²) in [5.74, 6) is -0.00591. The fourth-order valence-corrected chi connectivity index (χ4v) is 5.74. The number of hydrogen-bond donors (Lipinski definition) is 0. The normalized spacial score (nSPS) is 14.9. The SMILES string of the molecule is CCN1CCN(C(=O)c2sc3c(c(-c4ccc(Cl)cc4)nn3-c3ccccc3)c2Cl)CC1. The van der Waals surface area contributed by atoms with Gasteiger partial charge in [-0.3, -0.25) is 4.79 Å². The van der Waals surface area contributed by atoms with E-state index in [0.717, 1.165) is 46.8 Å². The quantitative estimate of drug-likeness (QED) is 0.365. The fraction of sp³-hybridized carbons (Fsp3) is 0.250. The molecule has 32 heavy (non-hydrogen) atoms. The van der Waals surface area contributed by atoms with Gasteiger partial charge >= 0.3 is 0 Å². The van der Waals surface area contributed by atoms with Crippen LogP contribution in [0.15, 0.2) is 54.6 Å². The molecule has 1 aliphatic rings. The number of rotatable bonds is 4. The van der Waals surface area contributed by atoms with E-state index in [1.807, 2.05) is 64.2 Å². The number of carbonyl (C=O) groups is 1. The zero-order valence-corrected chi connectivity index (χ0v) is 19.9. The molecule has 0 N–H and O–H groups in total. The molecule has 2 aromatic carbocycles. The van der Waals surface area contributed by atoms with Crippen molar-refractivity contribution in [1.82, 2.24) is 19.6 Å². The molecule has 5 rings (SSSR count). The number of halogens is 2. The Kier molecular flexibility index (Phi) is 5.95. The van der Waals surface area contributed by atoms with Gasteiger partial charge in [0.15, 0.2) is 0 Å². The standard InChI is InChI=1S/C24H22Cl2N4OS/c1-2-28-12-14-29(15-13-28)23(31)22-20(26)19-21(16-8-10-17(25)11-9-16)27-30(24(19)32-22)18-6-4-3-5-7-18/h3-11H,2,12-15H2,1H3. The molecule has 1 amide bonds. The lowest BCUT2D eigenvalue weighted by molar-refractivity contribution is 0.0648. The summed E-state index contributed by atoms with van der Waals surface area (Å²) in [7, 11) is 0. The van der Waals surface area contributed by atoms with E-state index < -0.39 is 0 Å². The molecule has 0 bridgehead atoms. The second kappa shape index (κ2) is 8.87. The molecule has 2 aromatic heterocycles. The third-order valence-corrected chi connectivity index (χ3v) is 7.78. The summed E-state index contributed by atoms with van der Waals surface area (Å²) in [5.41, 5.74) is 2.58. The van der Waals surface area contributed by atoms with E-state index in [2.05, 4.69) is 11.8 Å². The zero-order chi connectivity index (χ0) is 22.2. The molecule has 164 valence electrons. The predicted octanol–water partition coefficient (Wildman–Crippen LogP) is 5.84. The van der Waals surface area contributed by atoms with Gasteiger partial charge in [0, 0.05) is 36.8 Å². The number of thiophene rings is 1. The van der Waals surface area contributed by atoms with Crippen molar-refractivity contribution in [3.05, 3.63) is 69.5 Å². The summed E-state index contributed by atoms with van der Waals surface area (Å²) < 4.78 is 1.88. The van der Waals surface area contributed by atoms with Gasteiger partial charge in [-0.05, 0) is 30.8 Å². The third kappa shape index (κ3) is 3.82. The number of fused-ring (bicyclic) bond motifs is 1. The van der Waals surface area contributed by atoms with Crippen molar-refractivity contribution in [3.63, 3.8) is 0 Å². The molecule has 5 nitrogen and oxygen atoms in total. The lowest BCUT2D eigenvalue weighted by Crippen LogP contribution is -2.48. The first-order chi connectivity index (χ1) is 15.6. The number of amides is 1. The Labute approximate surface area is 200 Å². The van der Waals surface area contributed by atoms with Crippen LogP contribution in [-0.2, 0) is 0 Å². The first-order valence-electron chi connectivity index (χ1n) is 10.6. The number of benzene rings is 2. The average Bonchev–Trinajstić information content (AvgIpc) is 3.37. The molecule has 0 aliphatic carbocycles. The Morgan fingerprint density at radius 3 is 2.34 bits per heavy atom. The van der Waals surface area contributed by atoms with Crippen LogP contribution in [0.3, 0.4) is 0 Å². The molecule has 4 aromatic rings. The Morgan fingerprint density at radius 2 is 1.69 bits per heavy atom. The topological polar surface area (TPSA) is 41.4 Å². The summed E-state index contributed by atoms with van der Waals surface area (Å²) in [6.45, 7) is 6.35. The number of likely N-dealkylation sites (N-methyl/N-ethyl adjacent to an activating group) is 1. The van der Waals surface area contributed by atoms with Crippen molar-refractivity contribution in [2.24, 2.45) is 0 Å². The third-order valence-electron chi connectivity index (χ3n) is 5.88. The van der Waals surface area contributed by atoms with Gasteiger partial charge in [-0.1, -0.05) is 60.5 Å². The lowest BCUT2D eigenvalue weighted by atomic mass is 10.1. The smallest absolute Gasteiger partial charge is 0.265 e. The van der Waals surface area contributed by atoms with E-state index in [0.29, 0.717) is 28.0 Å². The van der Waals surface area contributed by atoms with Crippen LogP contribution in [0.5, 0.6) is 0 Å². The van der Waals surface area contributed by atoms with Gasteiger partial charge in [-0.15, -0.1) is 11.3 Å². The number of hydrogen-bond acceptors (Lipinski definition) is 4. The highest BCUT2D eigenvalue weighted by Crippen LogP contribution is 2.43. The van der Waals surface area contributed by atoms with Crippen LogP contribution in [0.1, 0.15) is 16.6 Å². The van der Waals surface area contributed by atoms with Crippen molar-refractivity contribution in [3.8, 4) is 16.9 Å². The number of carbonyl (C=O) groups excluding carboxylic acids is 1. The second-order valence-corrected chi connectivity index (χ2v) is 9.57. The molecule has 0 radical (unpaired) electrons. The van der Waals surface area contributed by atoms with E-state index in [9.17, 15) is 4.79 Å². The van der Waals surface area contributed by atoms with Crippen molar-refractivity contribution in [1.29, 1.82) is 0 Å². The first-order valence-corrected chi connectivity index (χ1v) is 12.2. The molecule has 0 unspecified atom stereocenters. The van der Waals surface area contributed by atoms with Gasteiger partial charge in [-0.25, -0.2) is 4.68 Å². The van der Waals surface area contributed by atoms with E-state index in [4.69, 9.17) is 28.3 Å². The zero-order valence-electron chi connectivity index (χ0n) is 17.6. The molecule has 0 atom stereocenters. The molecule has 0 spiro atoms. The summed E-state index contributed by atoms with van der Waals surface area (Å²) in [5, 5.41) is 6.82. The Balaban J connectivity index is 1.63. The Morgan fingerprint density at radius 1 is 1.00 bits per heavy atom. The molecular weight excluding hydrogens is 463 g/mol. The van der Waals surface area contributed by atoms with E-state index in [1.165, 1.54) is 11.3 Å². The van der Waals surface area contributed by atoms with Gasteiger partial charge in [-0.2, -0.15) is 5.10 Å². The number of nitrogens with zero attached hydrogens (tertiary/aromatic N) is 4. The van der Waals surface area contributed by atoms with Crippen LogP contribution >= 0.6 is 34.5 Å². The first kappa shape index (κ1) is 21.5. The van der Waals surface area contributed by atoms with Gasteiger partial charge in [0.05, 0.1) is 16.1 Å². The van der Waals surface area contributed by atoms with Gasteiger partial charge in [0.2, 0.25) is 0 Å². The monoisotopic (exact) mass is 484 g/mol. The van der Waals surface area contributed by atoms with Gasteiger partial charge in [0.1, 0.15) is 15.4 Å². The Hall–Kier alpha value is -2.38. The summed E-state index contributed by atoms with van der Waals surface area (Å²) >= 11 is 14.4. The van der Waals surface area contributed by atoms with E-state index in [-0.39, 0.29) is 5.91 Å². The van der Waals surface area contributed by atoms with Crippen LogP contribution < -0.4 is 0 Å². The highest BCUT2D eigenvalue weighted by molar-refractivity contribution is 7.21. The largest absolute Gasteiger partial charge is 0.335 e. The molecule has 8 heteroatoms. The lowest BCUT2D eigenvalue weighted by Gasteiger charge is -2.33. The minimum Gasteiger partial charge on any atom is -0.335 e. The minimum atomic E-state index is -0.00591. The van der Waals surface area contributed by atoms with Crippen molar-refractivity contribution < 1.29 is 4.79 Å². The van der Waals surface area contributed by atoms with E-state index >= 15 is 0 Å². The van der Waals surface area contributed by atoms with Crippen molar-refractivity contribution in [2.45, 2.75) is 6.92 Å². The summed E-state index contributed by atoms with van der Waals surface area (Å²) in [4.78, 5) is 19.1. The molecule has 1 aliphatic heterocycles. The summed E-state index contributed by atoms with van der Waals surface area (Å²) in [6, 6.07) is 17.4. The van der Waals surface area contributed by atoms with Crippen LogP contribution in [0, 0.1) is 0 Å². The highest BCUT2D eigenvalue weighted by atomic mass is 35.5. The van der Waals surface area contributed by atoms with Crippen molar-refractivity contribution >= 4 is 50.7 Å². The minimum absolute atomic E-state index is 0.00591. The molecular formula is C24H22Cl2N4OS. The molecule has 1 saturated heterocycles. The van der Waals surface area contributed by atoms with Gasteiger partial charge in [0.25, 0.3) is 5.91 Å². The highest BCUT2D eigenvalue weighted by Gasteiger charge is 2.29. The fourth-order valence-electron chi connectivity index (χ4n) is 4.05. The number of para-hydroxylation sites is 1. The average molecular weight is 485 g/mol. The van der Waals surface area contributed by atoms with Crippen LogP contribution in [0.4, 0.5) is 0 Å². The van der Waals surface area contributed by atoms with Crippen LogP contribution in [0.25, 0.3) is 27.2 Å². The van der Waals surface area contributed by atoms with Crippen LogP contribution in [0.2, 0.25) is 10.0 Å². The number of piperazine rings is 1. The van der Waals surface area contributed by atoms with Crippen molar-refractivity contribution in [2.75, 3.05) is 32.7 Å². The van der Waals surface area contributed by atoms with Gasteiger partial charge < -0.3 is 9.80 Å². The number of aromatic nitrogens is 2. The maximum absolute atomic E-state index is 13.4. The molecule has 3 heterocycles. The maximum Gasteiger partial charge on any atom is 0.265 e. The summed E-state index contributed by atoms with van der Waals surface area (Å²) in [6.07, 6.45) is 0. The Bertz CT molecular complexity index is 1260. The van der Waals surface area contributed by atoms with E-state index in [1.54, 1.807) is 0 Å². The second-order valence-electron chi connectivity index (χ2n) is 7.75. The molecule has 1 fully saturated rings. The molecule has 0 saturated carbocycles.